The van der Waals surface area contributed by atoms with E-state index in [9.17, 15) is 18.8 Å². The summed E-state index contributed by atoms with van der Waals surface area (Å²) >= 11 is 0. The number of hydrogen-bond acceptors (Lipinski definition) is 4. The van der Waals surface area contributed by atoms with E-state index in [0.29, 0.717) is 31.9 Å². The van der Waals surface area contributed by atoms with Crippen LogP contribution in [0, 0.1) is 11.7 Å². The maximum absolute atomic E-state index is 13.9. The molecule has 27 heavy (non-hydrogen) atoms. The molecule has 1 N–H and O–H groups in total. The summed E-state index contributed by atoms with van der Waals surface area (Å²) in [6.45, 7) is 3.36. The normalized spacial score (nSPS) is 25.8. The van der Waals surface area contributed by atoms with E-state index in [1.807, 2.05) is 4.90 Å². The van der Waals surface area contributed by atoms with Crippen LogP contribution >= 0.6 is 0 Å². The molecule has 2 aliphatic heterocycles. The number of nitrogens with zero attached hydrogens (tertiary/aromatic N) is 3. The number of imide groups is 1. The number of carbonyl (C=O) groups is 3. The van der Waals surface area contributed by atoms with Crippen molar-refractivity contribution < 1.29 is 18.8 Å². The van der Waals surface area contributed by atoms with Crippen LogP contribution in [0.4, 0.5) is 14.9 Å². The zero-order valence-corrected chi connectivity index (χ0v) is 15.3. The van der Waals surface area contributed by atoms with Gasteiger partial charge in [0.1, 0.15) is 17.9 Å². The summed E-state index contributed by atoms with van der Waals surface area (Å²) in [7, 11) is 0. The number of benzene rings is 1. The molecule has 3 aliphatic rings. The zero-order chi connectivity index (χ0) is 19.2. The number of anilines is 1. The standard InChI is InChI=1S/C19H23FN4O3/c1-19(13-6-7-13)17(26)24(18(27)21-19)12-16(25)23-10-8-22(9-11-23)15-5-3-2-4-14(15)20/h2-5,13H,6-12H2,1H3,(H,21,27)/t19-/m1/s1. The number of para-hydroxylation sites is 1. The summed E-state index contributed by atoms with van der Waals surface area (Å²) in [5.74, 6) is -0.686. The Balaban J connectivity index is 1.35. The molecule has 8 heteroatoms. The number of nitrogens with one attached hydrogen (secondary N) is 1. The number of amides is 4. The SMILES string of the molecule is C[C@]1(C2CC2)NC(=O)N(CC(=O)N2CCN(c3ccccc3F)CC2)C1=O. The van der Waals surface area contributed by atoms with E-state index in [-0.39, 0.29) is 30.1 Å². The van der Waals surface area contributed by atoms with Gasteiger partial charge in [0, 0.05) is 26.2 Å². The van der Waals surface area contributed by atoms with Crippen LogP contribution in [-0.4, -0.2) is 65.9 Å². The zero-order valence-electron chi connectivity index (χ0n) is 15.3. The molecule has 2 saturated heterocycles. The second-order valence-electron chi connectivity index (χ2n) is 7.62. The first-order valence-corrected chi connectivity index (χ1v) is 9.31. The van der Waals surface area contributed by atoms with Crippen molar-refractivity contribution in [3.05, 3.63) is 30.1 Å². The number of hydrogen-bond donors (Lipinski definition) is 1. The second-order valence-corrected chi connectivity index (χ2v) is 7.62. The first kappa shape index (κ1) is 17.8. The van der Waals surface area contributed by atoms with Crippen LogP contribution in [0.5, 0.6) is 0 Å². The molecule has 1 saturated carbocycles. The van der Waals surface area contributed by atoms with Crippen LogP contribution in [0.1, 0.15) is 19.8 Å². The van der Waals surface area contributed by atoms with Gasteiger partial charge in [0.2, 0.25) is 5.91 Å². The maximum Gasteiger partial charge on any atom is 0.325 e. The highest BCUT2D eigenvalue weighted by Crippen LogP contribution is 2.42. The number of urea groups is 1. The van der Waals surface area contributed by atoms with Gasteiger partial charge in [-0.15, -0.1) is 0 Å². The molecule has 0 radical (unpaired) electrons. The Morgan fingerprint density at radius 1 is 1.19 bits per heavy atom. The van der Waals surface area contributed by atoms with E-state index >= 15 is 0 Å². The summed E-state index contributed by atoms with van der Waals surface area (Å²) in [6, 6.07) is 6.07. The van der Waals surface area contributed by atoms with Crippen LogP contribution in [0.2, 0.25) is 0 Å². The van der Waals surface area contributed by atoms with Gasteiger partial charge in [0.05, 0.1) is 5.69 Å². The molecule has 4 rings (SSSR count). The minimum atomic E-state index is -0.874. The molecule has 1 atom stereocenters. The third-order valence-corrected chi connectivity index (χ3v) is 5.81. The fraction of sp³-hybridized carbons (Fsp3) is 0.526. The molecule has 1 aromatic carbocycles. The molecule has 0 aromatic heterocycles. The highest BCUT2D eigenvalue weighted by Gasteiger charge is 2.56. The summed E-state index contributed by atoms with van der Waals surface area (Å²) in [5, 5.41) is 2.75. The molecule has 7 nitrogen and oxygen atoms in total. The highest BCUT2D eigenvalue weighted by atomic mass is 19.1. The third-order valence-electron chi connectivity index (χ3n) is 5.81. The van der Waals surface area contributed by atoms with Crippen molar-refractivity contribution in [1.82, 2.24) is 15.1 Å². The van der Waals surface area contributed by atoms with Crippen LogP contribution in [-0.2, 0) is 9.59 Å². The van der Waals surface area contributed by atoms with E-state index in [1.54, 1.807) is 30.0 Å². The van der Waals surface area contributed by atoms with Gasteiger partial charge < -0.3 is 15.1 Å². The van der Waals surface area contributed by atoms with Gasteiger partial charge in [-0.3, -0.25) is 14.5 Å². The molecule has 4 amide bonds. The number of piperazine rings is 1. The monoisotopic (exact) mass is 374 g/mol. The van der Waals surface area contributed by atoms with Crippen LogP contribution < -0.4 is 10.2 Å². The first-order valence-electron chi connectivity index (χ1n) is 9.31. The van der Waals surface area contributed by atoms with Gasteiger partial charge in [-0.25, -0.2) is 9.18 Å². The van der Waals surface area contributed by atoms with Crippen molar-refractivity contribution >= 4 is 23.5 Å². The van der Waals surface area contributed by atoms with Gasteiger partial charge in [-0.1, -0.05) is 12.1 Å². The van der Waals surface area contributed by atoms with E-state index in [4.69, 9.17) is 0 Å². The van der Waals surface area contributed by atoms with E-state index in [1.165, 1.54) is 6.07 Å². The summed E-state index contributed by atoms with van der Waals surface area (Å²) < 4.78 is 13.9. The fourth-order valence-corrected chi connectivity index (χ4v) is 3.94. The van der Waals surface area contributed by atoms with E-state index < -0.39 is 11.6 Å². The molecule has 2 heterocycles. The van der Waals surface area contributed by atoms with Crippen molar-refractivity contribution in [2.75, 3.05) is 37.6 Å². The lowest BCUT2D eigenvalue weighted by Gasteiger charge is -2.36. The van der Waals surface area contributed by atoms with Gasteiger partial charge in [0.15, 0.2) is 0 Å². The Bertz CT molecular complexity index is 789. The molecule has 0 spiro atoms. The fourth-order valence-electron chi connectivity index (χ4n) is 3.94. The Hall–Kier alpha value is -2.64. The van der Waals surface area contributed by atoms with Crippen molar-refractivity contribution in [3.8, 4) is 0 Å². The minimum absolute atomic E-state index is 0.165. The lowest BCUT2D eigenvalue weighted by atomic mass is 9.96. The minimum Gasteiger partial charge on any atom is -0.366 e. The lowest BCUT2D eigenvalue weighted by molar-refractivity contribution is -0.139. The maximum atomic E-state index is 13.9. The predicted octanol–water partition coefficient (Wildman–Crippen LogP) is 1.19. The largest absolute Gasteiger partial charge is 0.366 e. The van der Waals surface area contributed by atoms with Crippen molar-refractivity contribution in [2.45, 2.75) is 25.3 Å². The van der Waals surface area contributed by atoms with Crippen molar-refractivity contribution in [1.29, 1.82) is 0 Å². The Kier molecular flexibility index (Phi) is 4.28. The second kappa shape index (κ2) is 6.51. The number of rotatable bonds is 4. The molecule has 0 bridgehead atoms. The topological polar surface area (TPSA) is 73.0 Å². The summed E-state index contributed by atoms with van der Waals surface area (Å²) in [5.41, 5.74) is -0.347. The quantitative estimate of drug-likeness (QED) is 0.804. The average molecular weight is 374 g/mol. The third kappa shape index (κ3) is 3.13. The number of halogens is 1. The molecule has 144 valence electrons. The smallest absolute Gasteiger partial charge is 0.325 e. The molecule has 3 fully saturated rings. The Morgan fingerprint density at radius 2 is 1.85 bits per heavy atom. The van der Waals surface area contributed by atoms with Gasteiger partial charge >= 0.3 is 6.03 Å². The Labute approximate surface area is 157 Å². The summed E-state index contributed by atoms with van der Waals surface area (Å²) in [4.78, 5) is 42.0. The van der Waals surface area contributed by atoms with Crippen LogP contribution in [0.15, 0.2) is 24.3 Å². The van der Waals surface area contributed by atoms with Crippen molar-refractivity contribution in [3.63, 3.8) is 0 Å². The van der Waals surface area contributed by atoms with Gasteiger partial charge in [-0.05, 0) is 37.8 Å². The van der Waals surface area contributed by atoms with E-state index in [2.05, 4.69) is 5.32 Å². The number of carbonyl (C=O) groups excluding carboxylic acids is 3. The van der Waals surface area contributed by atoms with E-state index in [0.717, 1.165) is 17.7 Å². The van der Waals surface area contributed by atoms with Gasteiger partial charge in [0.25, 0.3) is 5.91 Å². The molecule has 0 unspecified atom stereocenters. The lowest BCUT2D eigenvalue weighted by Crippen LogP contribution is -2.52. The molecular weight excluding hydrogens is 351 g/mol. The average Bonchev–Trinajstić information content (AvgIpc) is 3.48. The molecular formula is C19H23FN4O3. The predicted molar refractivity (Wildman–Crippen MR) is 96.6 cm³/mol. The highest BCUT2D eigenvalue weighted by molar-refractivity contribution is 6.09. The summed E-state index contributed by atoms with van der Waals surface area (Å²) in [6.07, 6.45) is 1.84. The van der Waals surface area contributed by atoms with Crippen LogP contribution in [0.3, 0.4) is 0 Å². The first-order chi connectivity index (χ1) is 12.9. The van der Waals surface area contributed by atoms with Crippen molar-refractivity contribution in [2.24, 2.45) is 5.92 Å². The van der Waals surface area contributed by atoms with Crippen LogP contribution in [0.25, 0.3) is 0 Å². The van der Waals surface area contributed by atoms with Gasteiger partial charge in [-0.2, -0.15) is 0 Å². The molecule has 1 aliphatic carbocycles. The molecule has 1 aromatic rings. The Morgan fingerprint density at radius 3 is 2.48 bits per heavy atom.